The van der Waals surface area contributed by atoms with Gasteiger partial charge < -0.3 is 10.1 Å². The number of benzene rings is 1. The van der Waals surface area contributed by atoms with Crippen molar-refractivity contribution in [1.82, 2.24) is 10.7 Å². The summed E-state index contributed by atoms with van der Waals surface area (Å²) in [6.07, 6.45) is 3.00. The molecule has 6 nitrogen and oxygen atoms in total. The fourth-order valence-corrected chi connectivity index (χ4v) is 1.75. The highest BCUT2D eigenvalue weighted by molar-refractivity contribution is 6.35. The number of nitrogens with one attached hydrogen (secondary N) is 2. The lowest BCUT2D eigenvalue weighted by Crippen LogP contribution is -2.41. The third kappa shape index (κ3) is 6.69. The molecule has 1 rings (SSSR count). The first kappa shape index (κ1) is 19.0. The number of ether oxygens (including phenoxy) is 1. The summed E-state index contributed by atoms with van der Waals surface area (Å²) in [5.41, 5.74) is 2.80. The Morgan fingerprint density at radius 1 is 1.35 bits per heavy atom. The number of amides is 2. The number of nitrogens with zero attached hydrogens (tertiary/aromatic N) is 1. The second-order valence-corrected chi connectivity index (χ2v) is 5.45. The number of rotatable bonds is 7. The lowest BCUT2D eigenvalue weighted by molar-refractivity contribution is -0.139. The maximum Gasteiger partial charge on any atom is 0.329 e. The van der Waals surface area contributed by atoms with Crippen LogP contribution in [0.3, 0.4) is 0 Å². The van der Waals surface area contributed by atoms with Crippen LogP contribution < -0.4 is 15.5 Å². The zero-order valence-corrected chi connectivity index (χ0v) is 14.3. The van der Waals surface area contributed by atoms with Crippen LogP contribution in [0.5, 0.6) is 5.75 Å². The Labute approximate surface area is 141 Å². The molecule has 0 radical (unpaired) electrons. The van der Waals surface area contributed by atoms with E-state index in [1.54, 1.807) is 18.2 Å². The van der Waals surface area contributed by atoms with Gasteiger partial charge in [0.15, 0.2) is 0 Å². The molecule has 0 bridgehead atoms. The molecular formula is C16H22ClN3O3. The summed E-state index contributed by atoms with van der Waals surface area (Å²) in [7, 11) is 0. The predicted octanol–water partition coefficient (Wildman–Crippen LogP) is 2.49. The summed E-state index contributed by atoms with van der Waals surface area (Å²) in [5, 5.41) is 6.86. The maximum absolute atomic E-state index is 11.6. The lowest BCUT2D eigenvalue weighted by Gasteiger charge is -2.10. The monoisotopic (exact) mass is 339 g/mol. The van der Waals surface area contributed by atoms with Gasteiger partial charge in [0.05, 0.1) is 12.8 Å². The molecule has 0 aliphatic heterocycles. The molecule has 2 N–H and O–H groups in total. The Hall–Kier alpha value is -2.08. The van der Waals surface area contributed by atoms with E-state index in [9.17, 15) is 9.59 Å². The molecule has 1 aromatic carbocycles. The van der Waals surface area contributed by atoms with Crippen LogP contribution in [0, 0.1) is 0 Å². The van der Waals surface area contributed by atoms with Crippen LogP contribution in [0.2, 0.25) is 5.02 Å². The Bertz CT molecular complexity index is 576. The highest BCUT2D eigenvalue weighted by Gasteiger charge is 2.14. The average Bonchev–Trinajstić information content (AvgIpc) is 2.53. The standard InChI is InChI=1S/C16H22ClN3O3/c1-4-8-23-14-7-6-13(17)9-12(14)10-18-20-16(22)15(21)19-11(3)5-2/h6-7,9-11H,4-5,8H2,1-3H3,(H,19,21)(H,20,22)/b18-10-/t11-/m1/s1. The zero-order valence-electron chi connectivity index (χ0n) is 13.6. The molecule has 7 heteroatoms. The van der Waals surface area contributed by atoms with Crippen molar-refractivity contribution < 1.29 is 14.3 Å². The fourth-order valence-electron chi connectivity index (χ4n) is 1.57. The van der Waals surface area contributed by atoms with Crippen molar-refractivity contribution >= 4 is 29.6 Å². The number of hydrogen-bond acceptors (Lipinski definition) is 4. The van der Waals surface area contributed by atoms with Crippen LogP contribution in [0.15, 0.2) is 23.3 Å². The van der Waals surface area contributed by atoms with Crippen LogP contribution in [0.1, 0.15) is 39.2 Å². The zero-order chi connectivity index (χ0) is 17.2. The quantitative estimate of drug-likeness (QED) is 0.455. The molecule has 0 saturated heterocycles. The van der Waals surface area contributed by atoms with Crippen molar-refractivity contribution in [2.45, 2.75) is 39.7 Å². The number of hydrogen-bond donors (Lipinski definition) is 2. The van der Waals surface area contributed by atoms with Crippen molar-refractivity contribution in [2.24, 2.45) is 5.10 Å². The summed E-state index contributed by atoms with van der Waals surface area (Å²) < 4.78 is 5.57. The first-order valence-electron chi connectivity index (χ1n) is 7.54. The Morgan fingerprint density at radius 2 is 2.09 bits per heavy atom. The van der Waals surface area contributed by atoms with Crippen molar-refractivity contribution in [3.05, 3.63) is 28.8 Å². The van der Waals surface area contributed by atoms with Gasteiger partial charge in [-0.15, -0.1) is 0 Å². The molecule has 0 saturated carbocycles. The molecule has 1 atom stereocenters. The van der Waals surface area contributed by atoms with Gasteiger partial charge in [-0.3, -0.25) is 9.59 Å². The number of carbonyl (C=O) groups is 2. The van der Waals surface area contributed by atoms with Crippen molar-refractivity contribution in [3.63, 3.8) is 0 Å². The van der Waals surface area contributed by atoms with E-state index < -0.39 is 11.8 Å². The fraction of sp³-hybridized carbons (Fsp3) is 0.438. The van der Waals surface area contributed by atoms with E-state index in [2.05, 4.69) is 15.8 Å². The smallest absolute Gasteiger partial charge is 0.329 e. The van der Waals surface area contributed by atoms with Gasteiger partial charge in [-0.1, -0.05) is 25.4 Å². The van der Waals surface area contributed by atoms with Gasteiger partial charge in [0.1, 0.15) is 5.75 Å². The van der Waals surface area contributed by atoms with E-state index in [0.29, 0.717) is 22.9 Å². The molecule has 0 heterocycles. The second kappa shape index (κ2) is 9.84. The first-order valence-corrected chi connectivity index (χ1v) is 7.91. The molecule has 1 aromatic rings. The third-order valence-electron chi connectivity index (χ3n) is 3.00. The summed E-state index contributed by atoms with van der Waals surface area (Å²) in [5.74, 6) is -0.928. The van der Waals surface area contributed by atoms with Gasteiger partial charge in [0.2, 0.25) is 0 Å². The summed E-state index contributed by atoms with van der Waals surface area (Å²) in [6.45, 7) is 6.29. The number of carbonyl (C=O) groups excluding carboxylic acids is 2. The van der Waals surface area contributed by atoms with Crippen molar-refractivity contribution in [3.8, 4) is 5.75 Å². The van der Waals surface area contributed by atoms with E-state index in [1.807, 2.05) is 20.8 Å². The van der Waals surface area contributed by atoms with Crippen LogP contribution in [-0.4, -0.2) is 30.7 Å². The first-order chi connectivity index (χ1) is 11.0. The minimum Gasteiger partial charge on any atom is -0.493 e. The topological polar surface area (TPSA) is 79.8 Å². The molecule has 0 aliphatic rings. The predicted molar refractivity (Wildman–Crippen MR) is 90.9 cm³/mol. The lowest BCUT2D eigenvalue weighted by atomic mass is 10.2. The summed E-state index contributed by atoms with van der Waals surface area (Å²) in [4.78, 5) is 23.2. The maximum atomic E-state index is 11.6. The SMILES string of the molecule is CCCOc1ccc(Cl)cc1/C=N\NC(=O)C(=O)N[C@H](C)CC. The molecule has 0 spiro atoms. The Kier molecular flexibility index (Phi) is 8.11. The van der Waals surface area contributed by atoms with Gasteiger partial charge in [-0.2, -0.15) is 5.10 Å². The summed E-state index contributed by atoms with van der Waals surface area (Å²) in [6, 6.07) is 5.04. The van der Waals surface area contributed by atoms with Gasteiger partial charge >= 0.3 is 11.8 Å². The van der Waals surface area contributed by atoms with Crippen LogP contribution in [0.25, 0.3) is 0 Å². The van der Waals surface area contributed by atoms with E-state index in [1.165, 1.54) is 6.21 Å². The van der Waals surface area contributed by atoms with Crippen molar-refractivity contribution in [1.29, 1.82) is 0 Å². The number of hydrazone groups is 1. The molecule has 126 valence electrons. The minimum absolute atomic E-state index is 0.0702. The Balaban J connectivity index is 2.68. The van der Waals surface area contributed by atoms with Crippen molar-refractivity contribution in [2.75, 3.05) is 6.61 Å². The largest absolute Gasteiger partial charge is 0.493 e. The van der Waals surface area contributed by atoms with E-state index >= 15 is 0 Å². The van der Waals surface area contributed by atoms with Crippen LogP contribution in [-0.2, 0) is 9.59 Å². The van der Waals surface area contributed by atoms with Crippen LogP contribution in [0.4, 0.5) is 0 Å². The average molecular weight is 340 g/mol. The van der Waals surface area contributed by atoms with Gasteiger partial charge in [-0.25, -0.2) is 5.43 Å². The molecule has 23 heavy (non-hydrogen) atoms. The summed E-state index contributed by atoms with van der Waals surface area (Å²) >= 11 is 5.95. The van der Waals surface area contributed by atoms with Gasteiger partial charge in [0, 0.05) is 16.6 Å². The Morgan fingerprint density at radius 3 is 2.74 bits per heavy atom. The molecular weight excluding hydrogens is 318 g/mol. The van der Waals surface area contributed by atoms with Gasteiger partial charge in [-0.05, 0) is 38.0 Å². The minimum atomic E-state index is -0.820. The molecule has 0 unspecified atom stereocenters. The van der Waals surface area contributed by atoms with E-state index in [0.717, 1.165) is 12.8 Å². The van der Waals surface area contributed by atoms with E-state index in [4.69, 9.17) is 16.3 Å². The second-order valence-electron chi connectivity index (χ2n) is 5.01. The molecule has 0 aliphatic carbocycles. The third-order valence-corrected chi connectivity index (χ3v) is 3.23. The highest BCUT2D eigenvalue weighted by Crippen LogP contribution is 2.21. The van der Waals surface area contributed by atoms with Gasteiger partial charge in [0.25, 0.3) is 0 Å². The van der Waals surface area contributed by atoms with E-state index in [-0.39, 0.29) is 6.04 Å². The normalized spacial score (nSPS) is 12.0. The molecule has 2 amide bonds. The van der Waals surface area contributed by atoms with Crippen LogP contribution >= 0.6 is 11.6 Å². The molecule has 0 aromatic heterocycles. The molecule has 0 fully saturated rings. The number of halogens is 1. The highest BCUT2D eigenvalue weighted by atomic mass is 35.5.